The number of aryl methyl sites for hydroxylation is 1. The quantitative estimate of drug-likeness (QED) is 0.739. The minimum atomic E-state index is -0.309. The molecule has 1 aliphatic heterocycles. The maximum atomic E-state index is 13.7. The molecule has 1 aliphatic rings. The third kappa shape index (κ3) is 3.86. The molecule has 4 rings (SSSR count). The average Bonchev–Trinajstić information content (AvgIpc) is 3.23. The Labute approximate surface area is 168 Å². The number of methoxy groups -OCH3 is 1. The van der Waals surface area contributed by atoms with Gasteiger partial charge in [-0.05, 0) is 48.4 Å². The summed E-state index contributed by atoms with van der Waals surface area (Å²) in [5, 5.41) is 7.78. The van der Waals surface area contributed by atoms with E-state index in [1.165, 1.54) is 12.1 Å². The topological polar surface area (TPSA) is 59.4 Å². The molecular formula is C22H23FN4O2. The largest absolute Gasteiger partial charge is 0.494 e. The van der Waals surface area contributed by atoms with E-state index < -0.39 is 0 Å². The van der Waals surface area contributed by atoms with Crippen LogP contribution in [0, 0.1) is 12.7 Å². The van der Waals surface area contributed by atoms with Gasteiger partial charge in [0.25, 0.3) is 5.91 Å². The van der Waals surface area contributed by atoms with Crippen LogP contribution in [0.15, 0.2) is 54.7 Å². The van der Waals surface area contributed by atoms with Gasteiger partial charge in [0.05, 0.1) is 13.2 Å². The predicted molar refractivity (Wildman–Crippen MR) is 108 cm³/mol. The zero-order valence-electron chi connectivity index (χ0n) is 16.4. The number of ether oxygens (including phenoxy) is 1. The lowest BCUT2D eigenvalue weighted by molar-refractivity contribution is 0.0627. The van der Waals surface area contributed by atoms with Crippen LogP contribution in [0.1, 0.15) is 27.7 Å². The van der Waals surface area contributed by atoms with Gasteiger partial charge in [-0.25, -0.2) is 9.07 Å². The van der Waals surface area contributed by atoms with Crippen molar-refractivity contribution in [2.75, 3.05) is 26.7 Å². The minimum absolute atomic E-state index is 0.175. The Morgan fingerprint density at radius 3 is 2.90 bits per heavy atom. The Hall–Kier alpha value is -3.19. The Morgan fingerprint density at radius 1 is 1.24 bits per heavy atom. The molecule has 0 spiro atoms. The molecule has 2 heterocycles. The highest BCUT2D eigenvalue weighted by molar-refractivity contribution is 5.92. The lowest BCUT2D eigenvalue weighted by Gasteiger charge is -2.36. The van der Waals surface area contributed by atoms with Crippen LogP contribution >= 0.6 is 0 Å². The summed E-state index contributed by atoms with van der Waals surface area (Å²) >= 11 is 0. The summed E-state index contributed by atoms with van der Waals surface area (Å²) in [6.07, 6.45) is 1.75. The van der Waals surface area contributed by atoms with Crippen LogP contribution in [0.25, 0.3) is 5.69 Å². The van der Waals surface area contributed by atoms with Gasteiger partial charge in [0.2, 0.25) is 0 Å². The molecule has 2 aromatic carbocycles. The molecule has 6 nitrogen and oxygen atoms in total. The number of hydrogen-bond donors (Lipinski definition) is 1. The van der Waals surface area contributed by atoms with Crippen LogP contribution in [0.5, 0.6) is 5.75 Å². The molecule has 1 N–H and O–H groups in total. The lowest BCUT2D eigenvalue weighted by atomic mass is 10.0. The Bertz CT molecular complexity index is 1030. The van der Waals surface area contributed by atoms with Gasteiger partial charge >= 0.3 is 0 Å². The highest BCUT2D eigenvalue weighted by atomic mass is 19.1. The van der Waals surface area contributed by atoms with E-state index in [1.54, 1.807) is 35.0 Å². The first-order valence-corrected chi connectivity index (χ1v) is 9.54. The fourth-order valence-corrected chi connectivity index (χ4v) is 3.66. The second-order valence-electron chi connectivity index (χ2n) is 7.09. The van der Waals surface area contributed by atoms with Gasteiger partial charge in [-0.3, -0.25) is 4.79 Å². The van der Waals surface area contributed by atoms with Crippen molar-refractivity contribution in [3.63, 3.8) is 0 Å². The van der Waals surface area contributed by atoms with Gasteiger partial charge in [-0.2, -0.15) is 5.10 Å². The molecule has 3 aromatic rings. The first-order chi connectivity index (χ1) is 14.1. The molecule has 0 saturated carbocycles. The monoisotopic (exact) mass is 394 g/mol. The van der Waals surface area contributed by atoms with Crippen molar-refractivity contribution in [2.45, 2.75) is 13.0 Å². The smallest absolute Gasteiger partial charge is 0.274 e. The highest BCUT2D eigenvalue weighted by Crippen LogP contribution is 2.26. The molecule has 1 amide bonds. The van der Waals surface area contributed by atoms with E-state index in [1.807, 2.05) is 31.2 Å². The van der Waals surface area contributed by atoms with E-state index in [0.29, 0.717) is 31.1 Å². The van der Waals surface area contributed by atoms with Gasteiger partial charge in [-0.15, -0.1) is 0 Å². The van der Waals surface area contributed by atoms with Crippen molar-refractivity contribution in [1.82, 2.24) is 20.0 Å². The fourth-order valence-electron chi connectivity index (χ4n) is 3.66. The van der Waals surface area contributed by atoms with Crippen molar-refractivity contribution in [1.29, 1.82) is 0 Å². The maximum Gasteiger partial charge on any atom is 0.274 e. The first-order valence-electron chi connectivity index (χ1n) is 9.54. The number of nitrogens with one attached hydrogen (secondary N) is 1. The van der Waals surface area contributed by atoms with Crippen LogP contribution in [0.4, 0.5) is 4.39 Å². The summed E-state index contributed by atoms with van der Waals surface area (Å²) in [6, 6.07) is 13.7. The normalized spacial score (nSPS) is 16.7. The van der Waals surface area contributed by atoms with Crippen LogP contribution in [-0.4, -0.2) is 47.3 Å². The number of nitrogens with zero attached hydrogens (tertiary/aromatic N) is 3. The van der Waals surface area contributed by atoms with Crippen LogP contribution in [0.3, 0.4) is 0 Å². The van der Waals surface area contributed by atoms with E-state index in [9.17, 15) is 9.18 Å². The number of aromatic nitrogens is 2. The Balaban J connectivity index is 1.63. The third-order valence-corrected chi connectivity index (χ3v) is 5.13. The summed E-state index contributed by atoms with van der Waals surface area (Å²) in [7, 11) is 1.61. The van der Waals surface area contributed by atoms with Crippen LogP contribution in [-0.2, 0) is 0 Å². The highest BCUT2D eigenvalue weighted by Gasteiger charge is 2.30. The molecular weight excluding hydrogens is 371 g/mol. The lowest BCUT2D eigenvalue weighted by Crippen LogP contribution is -2.48. The van der Waals surface area contributed by atoms with Gasteiger partial charge in [-0.1, -0.05) is 18.2 Å². The van der Waals surface area contributed by atoms with E-state index >= 15 is 0 Å². The number of carbonyl (C=O) groups is 1. The Morgan fingerprint density at radius 2 is 2.10 bits per heavy atom. The van der Waals surface area contributed by atoms with Crippen molar-refractivity contribution in [3.8, 4) is 11.4 Å². The standard InChI is InChI=1S/C22H23FN4O2/c1-15-6-7-21(29-2)19(12-15)27-10-8-18(25-27)22(28)26-11-9-24-14-20(26)16-4-3-5-17(23)13-16/h3-8,10,12-13,20,24H,9,11,14H2,1-2H3. The van der Waals surface area contributed by atoms with Gasteiger partial charge in [0.15, 0.2) is 5.69 Å². The predicted octanol–water partition coefficient (Wildman–Crippen LogP) is 3.12. The Kier molecular flexibility index (Phi) is 5.31. The number of benzene rings is 2. The number of amides is 1. The van der Waals surface area contributed by atoms with E-state index in [4.69, 9.17) is 4.74 Å². The first kappa shape index (κ1) is 19.1. The number of piperazine rings is 1. The summed E-state index contributed by atoms with van der Waals surface area (Å²) in [5.41, 5.74) is 2.95. The number of carbonyl (C=O) groups excluding carboxylic acids is 1. The van der Waals surface area contributed by atoms with Gasteiger partial charge in [0.1, 0.15) is 17.3 Å². The SMILES string of the molecule is COc1ccc(C)cc1-n1ccc(C(=O)N2CCNCC2c2cccc(F)c2)n1. The molecule has 29 heavy (non-hydrogen) atoms. The van der Waals surface area contributed by atoms with Crippen molar-refractivity contribution in [2.24, 2.45) is 0 Å². The summed E-state index contributed by atoms with van der Waals surface area (Å²) in [4.78, 5) is 15.0. The minimum Gasteiger partial charge on any atom is -0.494 e. The van der Waals surface area contributed by atoms with E-state index in [2.05, 4.69) is 10.4 Å². The summed E-state index contributed by atoms with van der Waals surface area (Å²) in [5.74, 6) is 0.194. The second kappa shape index (κ2) is 8.05. The molecule has 7 heteroatoms. The molecule has 1 unspecified atom stereocenters. The van der Waals surface area contributed by atoms with Crippen molar-refractivity contribution < 1.29 is 13.9 Å². The van der Waals surface area contributed by atoms with Crippen molar-refractivity contribution >= 4 is 5.91 Å². The molecule has 0 bridgehead atoms. The van der Waals surface area contributed by atoms with Crippen molar-refractivity contribution in [3.05, 3.63) is 77.4 Å². The van der Waals surface area contributed by atoms with Gasteiger partial charge < -0.3 is 15.0 Å². The number of hydrogen-bond acceptors (Lipinski definition) is 4. The van der Waals surface area contributed by atoms with Crippen LogP contribution < -0.4 is 10.1 Å². The molecule has 1 fully saturated rings. The third-order valence-electron chi connectivity index (χ3n) is 5.13. The second-order valence-corrected chi connectivity index (χ2v) is 7.09. The average molecular weight is 394 g/mol. The number of halogens is 1. The molecule has 1 atom stereocenters. The summed E-state index contributed by atoms with van der Waals surface area (Å²) in [6.45, 7) is 3.77. The maximum absolute atomic E-state index is 13.7. The number of rotatable bonds is 4. The molecule has 0 aliphatic carbocycles. The fraction of sp³-hybridized carbons (Fsp3) is 0.273. The van der Waals surface area contributed by atoms with E-state index in [0.717, 1.165) is 16.8 Å². The molecule has 150 valence electrons. The molecule has 1 saturated heterocycles. The zero-order valence-corrected chi connectivity index (χ0v) is 16.4. The molecule has 0 radical (unpaired) electrons. The zero-order chi connectivity index (χ0) is 20.4. The van der Waals surface area contributed by atoms with Crippen LogP contribution in [0.2, 0.25) is 0 Å². The summed E-state index contributed by atoms with van der Waals surface area (Å²) < 4.78 is 20.8. The van der Waals surface area contributed by atoms with E-state index in [-0.39, 0.29) is 17.8 Å². The molecule has 1 aromatic heterocycles. The van der Waals surface area contributed by atoms with Gasteiger partial charge in [0, 0.05) is 25.8 Å².